The maximum atomic E-state index is 12.5. The molecular weight excluding hydrogens is 380 g/mol. The highest BCUT2D eigenvalue weighted by Crippen LogP contribution is 2.29. The van der Waals surface area contributed by atoms with Crippen LogP contribution in [0, 0.1) is 34.1 Å². The zero-order valence-electron chi connectivity index (χ0n) is 14.5. The number of thiazole rings is 1. The number of nitro benzene ring substituents is 2. The molecule has 1 aromatic heterocycles. The highest BCUT2D eigenvalue weighted by molar-refractivity contribution is 7.17. The van der Waals surface area contributed by atoms with Gasteiger partial charge in [-0.05, 0) is 20.8 Å². The van der Waals surface area contributed by atoms with E-state index < -0.39 is 33.1 Å². The van der Waals surface area contributed by atoms with Crippen LogP contribution in [0.15, 0.2) is 12.1 Å². The lowest BCUT2D eigenvalue weighted by atomic mass is 10.0. The summed E-state index contributed by atoms with van der Waals surface area (Å²) >= 11 is 0.872. The van der Waals surface area contributed by atoms with Gasteiger partial charge >= 0.3 is 5.97 Å². The van der Waals surface area contributed by atoms with Gasteiger partial charge in [0.2, 0.25) is 0 Å². The molecule has 11 nitrogen and oxygen atoms in total. The third-order valence-electron chi connectivity index (χ3n) is 3.50. The summed E-state index contributed by atoms with van der Waals surface area (Å²) in [6.45, 7) is 4.69. The summed E-state index contributed by atoms with van der Waals surface area (Å²) in [6.07, 6.45) is 0. The Labute approximate surface area is 156 Å². The molecule has 12 heteroatoms. The van der Waals surface area contributed by atoms with Gasteiger partial charge in [-0.3, -0.25) is 30.3 Å². The summed E-state index contributed by atoms with van der Waals surface area (Å²) in [6, 6.07) is 1.74. The van der Waals surface area contributed by atoms with Gasteiger partial charge in [0, 0.05) is 11.6 Å². The second-order valence-corrected chi connectivity index (χ2v) is 6.26. The third kappa shape index (κ3) is 4.23. The van der Waals surface area contributed by atoms with Gasteiger partial charge in [0.15, 0.2) is 5.13 Å². The lowest BCUT2D eigenvalue weighted by Gasteiger charge is -2.06. The van der Waals surface area contributed by atoms with E-state index in [1.807, 2.05) is 0 Å². The van der Waals surface area contributed by atoms with E-state index in [4.69, 9.17) is 4.74 Å². The van der Waals surface area contributed by atoms with Crippen molar-refractivity contribution in [1.29, 1.82) is 0 Å². The highest BCUT2D eigenvalue weighted by atomic mass is 32.1. The molecule has 27 heavy (non-hydrogen) atoms. The number of aromatic nitrogens is 1. The quantitative estimate of drug-likeness (QED) is 0.445. The van der Waals surface area contributed by atoms with E-state index in [2.05, 4.69) is 10.3 Å². The van der Waals surface area contributed by atoms with Gasteiger partial charge < -0.3 is 4.74 Å². The summed E-state index contributed by atoms with van der Waals surface area (Å²) in [5.74, 6) is -1.40. The Bertz CT molecular complexity index is 954. The van der Waals surface area contributed by atoms with Crippen LogP contribution in [0.5, 0.6) is 0 Å². The molecule has 0 aliphatic carbocycles. The predicted octanol–water partition coefficient (Wildman–Crippen LogP) is 3.01. The fourth-order valence-electron chi connectivity index (χ4n) is 2.22. The Morgan fingerprint density at radius 1 is 1.22 bits per heavy atom. The molecule has 0 bridgehead atoms. The van der Waals surface area contributed by atoms with Gasteiger partial charge in [0.1, 0.15) is 4.88 Å². The Morgan fingerprint density at radius 2 is 1.89 bits per heavy atom. The van der Waals surface area contributed by atoms with E-state index >= 15 is 0 Å². The highest BCUT2D eigenvalue weighted by Gasteiger charge is 2.26. The molecule has 0 saturated carbocycles. The molecule has 1 N–H and O–H groups in total. The van der Waals surface area contributed by atoms with E-state index in [0.717, 1.165) is 23.5 Å². The molecule has 2 rings (SSSR count). The Balaban J connectivity index is 2.39. The van der Waals surface area contributed by atoms with E-state index in [9.17, 15) is 29.8 Å². The number of nitro groups is 2. The molecule has 2 aromatic rings. The van der Waals surface area contributed by atoms with Crippen molar-refractivity contribution in [1.82, 2.24) is 4.98 Å². The van der Waals surface area contributed by atoms with Crippen LogP contribution in [0.1, 0.15) is 38.2 Å². The Kier molecular flexibility index (Phi) is 5.80. The fraction of sp³-hybridized carbons (Fsp3) is 0.267. The number of hydrogen-bond donors (Lipinski definition) is 1. The molecule has 1 heterocycles. The van der Waals surface area contributed by atoms with E-state index in [-0.39, 0.29) is 27.7 Å². The summed E-state index contributed by atoms with van der Waals surface area (Å²) < 4.78 is 4.88. The van der Waals surface area contributed by atoms with Crippen LogP contribution in [-0.2, 0) is 4.74 Å². The normalized spacial score (nSPS) is 10.3. The van der Waals surface area contributed by atoms with Crippen molar-refractivity contribution in [2.45, 2.75) is 20.8 Å². The van der Waals surface area contributed by atoms with Gasteiger partial charge in [-0.1, -0.05) is 11.3 Å². The van der Waals surface area contributed by atoms with Crippen LogP contribution in [0.2, 0.25) is 0 Å². The number of aryl methyl sites for hydroxylation is 1. The average Bonchev–Trinajstić information content (AvgIpc) is 2.94. The maximum Gasteiger partial charge on any atom is 0.350 e. The van der Waals surface area contributed by atoms with Gasteiger partial charge in [-0.15, -0.1) is 0 Å². The summed E-state index contributed by atoms with van der Waals surface area (Å²) in [4.78, 5) is 49.0. The molecule has 0 fully saturated rings. The van der Waals surface area contributed by atoms with Crippen LogP contribution in [0.25, 0.3) is 0 Å². The van der Waals surface area contributed by atoms with Crippen LogP contribution >= 0.6 is 11.3 Å². The minimum atomic E-state index is -0.824. The summed E-state index contributed by atoms with van der Waals surface area (Å²) in [5, 5.41) is 24.6. The van der Waals surface area contributed by atoms with Gasteiger partial charge in [0.25, 0.3) is 17.3 Å². The number of esters is 1. The monoisotopic (exact) mass is 394 g/mol. The van der Waals surface area contributed by atoms with Gasteiger partial charge in [-0.25, -0.2) is 9.78 Å². The minimum Gasteiger partial charge on any atom is -0.462 e. The standard InChI is InChI=1S/C15H14N4O7S/c1-4-26-14(21)12-8(3)16-15(27-12)17-13(20)10-5-9(18(22)23)6-11(7(10)2)19(24)25/h5-6H,4H2,1-3H3,(H,16,17,20). The number of amides is 1. The van der Waals surface area contributed by atoms with Gasteiger partial charge in [-0.2, -0.15) is 0 Å². The first-order valence-electron chi connectivity index (χ1n) is 7.55. The molecule has 0 aliphatic rings. The first-order chi connectivity index (χ1) is 12.6. The minimum absolute atomic E-state index is 0.0259. The van der Waals surface area contributed by atoms with Crippen molar-refractivity contribution < 1.29 is 24.2 Å². The van der Waals surface area contributed by atoms with Crippen LogP contribution < -0.4 is 5.32 Å². The number of ether oxygens (including phenoxy) is 1. The molecule has 0 atom stereocenters. The number of carbonyl (C=O) groups excluding carboxylic acids is 2. The first-order valence-corrected chi connectivity index (χ1v) is 8.36. The third-order valence-corrected chi connectivity index (χ3v) is 4.55. The molecule has 1 aromatic carbocycles. The van der Waals surface area contributed by atoms with Crippen molar-refractivity contribution in [2.75, 3.05) is 11.9 Å². The molecule has 1 amide bonds. The van der Waals surface area contributed by atoms with Gasteiger partial charge in [0.05, 0.1) is 33.8 Å². The number of nitrogens with one attached hydrogen (secondary N) is 1. The molecule has 0 spiro atoms. The Hall–Kier alpha value is -3.41. The smallest absolute Gasteiger partial charge is 0.350 e. The molecule has 0 unspecified atom stereocenters. The topological polar surface area (TPSA) is 155 Å². The number of benzene rings is 1. The van der Waals surface area contributed by atoms with Crippen molar-refractivity contribution in [2.24, 2.45) is 0 Å². The lowest BCUT2D eigenvalue weighted by Crippen LogP contribution is -2.14. The number of carbonyl (C=O) groups is 2. The average molecular weight is 394 g/mol. The summed E-state index contributed by atoms with van der Waals surface area (Å²) in [5.41, 5.74) is -1.05. The fourth-order valence-corrected chi connectivity index (χ4v) is 3.07. The second-order valence-electron chi connectivity index (χ2n) is 5.26. The van der Waals surface area contributed by atoms with E-state index in [1.54, 1.807) is 13.8 Å². The zero-order valence-corrected chi connectivity index (χ0v) is 15.3. The molecule has 0 radical (unpaired) electrons. The van der Waals surface area contributed by atoms with Crippen LogP contribution in [-0.4, -0.2) is 33.3 Å². The maximum absolute atomic E-state index is 12.5. The largest absolute Gasteiger partial charge is 0.462 e. The molecule has 142 valence electrons. The SMILES string of the molecule is CCOC(=O)c1sc(NC(=O)c2cc([N+](=O)[O-])cc([N+](=O)[O-])c2C)nc1C. The number of nitrogens with zero attached hydrogens (tertiary/aromatic N) is 3. The zero-order chi connectivity index (χ0) is 20.3. The van der Waals surface area contributed by atoms with Crippen molar-refractivity contribution in [3.05, 3.63) is 54.1 Å². The predicted molar refractivity (Wildman–Crippen MR) is 95.2 cm³/mol. The van der Waals surface area contributed by atoms with Crippen molar-refractivity contribution in [3.8, 4) is 0 Å². The second kappa shape index (κ2) is 7.86. The lowest BCUT2D eigenvalue weighted by molar-refractivity contribution is -0.394. The van der Waals surface area contributed by atoms with Crippen molar-refractivity contribution >= 4 is 39.7 Å². The van der Waals surface area contributed by atoms with E-state index in [0.29, 0.717) is 5.69 Å². The number of rotatable bonds is 6. The summed E-state index contributed by atoms with van der Waals surface area (Å²) in [7, 11) is 0. The first kappa shape index (κ1) is 19.9. The molecule has 0 aliphatic heterocycles. The number of non-ortho nitro benzene ring substituents is 1. The number of hydrogen-bond acceptors (Lipinski definition) is 9. The number of anilines is 1. The molecular formula is C15H14N4O7S. The van der Waals surface area contributed by atoms with Crippen molar-refractivity contribution in [3.63, 3.8) is 0 Å². The van der Waals surface area contributed by atoms with E-state index in [1.165, 1.54) is 6.92 Å². The molecule has 0 saturated heterocycles. The Morgan fingerprint density at radius 3 is 2.44 bits per heavy atom. The van der Waals surface area contributed by atoms with Crippen LogP contribution in [0.4, 0.5) is 16.5 Å². The van der Waals surface area contributed by atoms with Crippen LogP contribution in [0.3, 0.4) is 0 Å².